The van der Waals surface area contributed by atoms with E-state index in [1.807, 2.05) is 53.1 Å². The van der Waals surface area contributed by atoms with Crippen LogP contribution in [0.15, 0.2) is 59.3 Å². The van der Waals surface area contributed by atoms with E-state index in [0.717, 1.165) is 30.0 Å². The first-order chi connectivity index (χ1) is 14.8. The zero-order valence-electron chi connectivity index (χ0n) is 16.4. The molecule has 1 fully saturated rings. The normalized spacial score (nSPS) is 14.4. The van der Waals surface area contributed by atoms with Crippen LogP contribution < -0.4 is 5.32 Å². The van der Waals surface area contributed by atoms with Gasteiger partial charge in [-0.15, -0.1) is 0 Å². The van der Waals surface area contributed by atoms with Gasteiger partial charge in [0.25, 0.3) is 0 Å². The van der Waals surface area contributed by atoms with E-state index in [2.05, 4.69) is 22.1 Å². The second kappa shape index (κ2) is 8.25. The quantitative estimate of drug-likeness (QED) is 0.429. The maximum atomic E-state index is 6.27. The number of hydrogen-bond acceptors (Lipinski definition) is 4. The van der Waals surface area contributed by atoms with Crippen molar-refractivity contribution < 1.29 is 4.42 Å². The van der Waals surface area contributed by atoms with Crippen LogP contribution in [0.5, 0.6) is 0 Å². The lowest BCUT2D eigenvalue weighted by molar-refractivity contribution is 0.461. The Hall–Kier alpha value is -3.23. The minimum absolute atomic E-state index is 0.426. The number of pyridine rings is 2. The number of imidazole rings is 1. The van der Waals surface area contributed by atoms with Gasteiger partial charge in [-0.2, -0.15) is 0 Å². The maximum Gasteiger partial charge on any atom is 0.178 e. The van der Waals surface area contributed by atoms with Gasteiger partial charge >= 0.3 is 0 Å². The van der Waals surface area contributed by atoms with Gasteiger partial charge in [-0.1, -0.05) is 36.9 Å². The van der Waals surface area contributed by atoms with Crippen molar-refractivity contribution in [3.8, 4) is 23.3 Å². The van der Waals surface area contributed by atoms with Gasteiger partial charge in [-0.05, 0) is 61.1 Å². The predicted molar refractivity (Wildman–Crippen MR) is 119 cm³/mol. The van der Waals surface area contributed by atoms with Crippen LogP contribution in [0.3, 0.4) is 0 Å². The van der Waals surface area contributed by atoms with Crippen molar-refractivity contribution in [2.45, 2.75) is 38.1 Å². The van der Waals surface area contributed by atoms with E-state index in [4.69, 9.17) is 21.0 Å². The molecule has 0 spiro atoms. The Morgan fingerprint density at radius 1 is 1.03 bits per heavy atom. The summed E-state index contributed by atoms with van der Waals surface area (Å²) in [5.74, 6) is 8.24. The zero-order valence-corrected chi connectivity index (χ0v) is 17.2. The molecule has 0 amide bonds. The molecule has 0 saturated heterocycles. The molecule has 0 atom stereocenters. The van der Waals surface area contributed by atoms with E-state index >= 15 is 0 Å². The average molecular weight is 417 g/mol. The summed E-state index contributed by atoms with van der Waals surface area (Å²) < 4.78 is 8.04. The van der Waals surface area contributed by atoms with Gasteiger partial charge in [-0.25, -0.2) is 9.97 Å². The number of nitrogens with one attached hydrogen (secondary N) is 1. The topological polar surface area (TPSA) is 55.4 Å². The highest BCUT2D eigenvalue weighted by Crippen LogP contribution is 2.33. The molecule has 6 heteroatoms. The summed E-state index contributed by atoms with van der Waals surface area (Å²) in [5, 5.41) is 4.37. The molecule has 1 saturated carbocycles. The number of fused-ring (bicyclic) bond motifs is 1. The van der Waals surface area contributed by atoms with E-state index < -0.39 is 0 Å². The van der Waals surface area contributed by atoms with Gasteiger partial charge in [0.05, 0.1) is 5.02 Å². The fourth-order valence-electron chi connectivity index (χ4n) is 3.86. The van der Waals surface area contributed by atoms with Crippen LogP contribution in [0.2, 0.25) is 5.02 Å². The molecule has 0 bridgehead atoms. The first-order valence-corrected chi connectivity index (χ1v) is 10.6. The second-order valence-electron chi connectivity index (χ2n) is 7.49. The Balaban J connectivity index is 1.51. The molecule has 0 unspecified atom stereocenters. The minimum Gasteiger partial charge on any atom is -0.446 e. The molecule has 1 N–H and O–H groups in total. The van der Waals surface area contributed by atoms with Gasteiger partial charge in [-0.3, -0.25) is 4.40 Å². The summed E-state index contributed by atoms with van der Waals surface area (Å²) >= 11 is 6.27. The lowest BCUT2D eigenvalue weighted by Gasteiger charge is -2.24. The molecule has 0 aliphatic heterocycles. The van der Waals surface area contributed by atoms with Crippen LogP contribution in [-0.4, -0.2) is 20.4 Å². The molecule has 4 heterocycles. The van der Waals surface area contributed by atoms with Crippen molar-refractivity contribution in [3.05, 3.63) is 71.3 Å². The summed E-state index contributed by atoms with van der Waals surface area (Å²) in [6.07, 6.45) is 9.74. The zero-order chi connectivity index (χ0) is 20.3. The lowest BCUT2D eigenvalue weighted by atomic mass is 9.95. The van der Waals surface area contributed by atoms with Crippen LogP contribution >= 0.6 is 11.6 Å². The Kier molecular flexibility index (Phi) is 5.17. The molecular weight excluding hydrogens is 396 g/mol. The number of rotatable bonds is 3. The molecule has 5 rings (SSSR count). The number of anilines is 1. The third kappa shape index (κ3) is 3.92. The molecule has 4 aromatic rings. The molecule has 1 aliphatic rings. The number of hydrogen-bond donors (Lipinski definition) is 1. The summed E-state index contributed by atoms with van der Waals surface area (Å²) in [7, 11) is 0. The fourth-order valence-corrected chi connectivity index (χ4v) is 4.02. The number of aromatic nitrogens is 3. The van der Waals surface area contributed by atoms with Crippen LogP contribution in [-0.2, 0) is 0 Å². The second-order valence-corrected chi connectivity index (χ2v) is 7.93. The van der Waals surface area contributed by atoms with E-state index in [0.29, 0.717) is 28.3 Å². The number of nitrogens with zero attached hydrogens (tertiary/aromatic N) is 3. The average Bonchev–Trinajstić information content (AvgIpc) is 3.39. The molecule has 30 heavy (non-hydrogen) atoms. The highest BCUT2D eigenvalue weighted by molar-refractivity contribution is 6.30. The van der Waals surface area contributed by atoms with Crippen molar-refractivity contribution in [2.24, 2.45) is 0 Å². The van der Waals surface area contributed by atoms with Crippen molar-refractivity contribution in [2.75, 3.05) is 5.32 Å². The van der Waals surface area contributed by atoms with E-state index in [1.54, 1.807) is 6.20 Å². The van der Waals surface area contributed by atoms with Gasteiger partial charge in [0.1, 0.15) is 22.9 Å². The van der Waals surface area contributed by atoms with Crippen molar-refractivity contribution in [3.63, 3.8) is 0 Å². The SMILES string of the molecule is Clc1ccc2nc(-c3ccc(C#Cc4ccccn4)o3)c(NC3CCCCC3)n2c1. The molecule has 4 aromatic heterocycles. The molecule has 0 aromatic carbocycles. The van der Waals surface area contributed by atoms with Gasteiger partial charge in [0.2, 0.25) is 0 Å². The predicted octanol–water partition coefficient (Wildman–Crippen LogP) is 5.79. The van der Waals surface area contributed by atoms with Crippen molar-refractivity contribution in [1.82, 2.24) is 14.4 Å². The highest BCUT2D eigenvalue weighted by atomic mass is 35.5. The van der Waals surface area contributed by atoms with E-state index in [9.17, 15) is 0 Å². The van der Waals surface area contributed by atoms with Gasteiger partial charge in [0, 0.05) is 18.4 Å². The summed E-state index contributed by atoms with van der Waals surface area (Å²) in [5.41, 5.74) is 2.30. The number of furan rings is 1. The smallest absolute Gasteiger partial charge is 0.178 e. The Labute approximate surface area is 180 Å². The third-order valence-electron chi connectivity index (χ3n) is 5.35. The first kappa shape index (κ1) is 18.8. The maximum absolute atomic E-state index is 6.27. The molecule has 1 aliphatic carbocycles. The first-order valence-electron chi connectivity index (χ1n) is 10.2. The van der Waals surface area contributed by atoms with Gasteiger partial charge < -0.3 is 9.73 Å². The van der Waals surface area contributed by atoms with Crippen LogP contribution in [0.4, 0.5) is 5.82 Å². The molecule has 0 radical (unpaired) electrons. The Morgan fingerprint density at radius 2 is 1.93 bits per heavy atom. The molecule has 5 nitrogen and oxygen atoms in total. The summed E-state index contributed by atoms with van der Waals surface area (Å²) in [4.78, 5) is 9.03. The van der Waals surface area contributed by atoms with E-state index in [1.165, 1.54) is 19.3 Å². The monoisotopic (exact) mass is 416 g/mol. The molecular formula is C24H21ClN4O. The summed E-state index contributed by atoms with van der Waals surface area (Å²) in [6.45, 7) is 0. The Bertz CT molecular complexity index is 1230. The Morgan fingerprint density at radius 3 is 2.77 bits per heavy atom. The minimum atomic E-state index is 0.426. The largest absolute Gasteiger partial charge is 0.446 e. The standard InChI is InChI=1S/C24H21ClN4O/c25-17-9-14-22-28-23(24(29(22)16-17)27-19-7-2-1-3-8-19)21-13-12-20(30-21)11-10-18-6-4-5-15-26-18/h4-6,9,12-16,19,27H,1-3,7-8H2. The fraction of sp³-hybridized carbons (Fsp3) is 0.250. The third-order valence-corrected chi connectivity index (χ3v) is 5.57. The summed E-state index contributed by atoms with van der Waals surface area (Å²) in [6, 6.07) is 13.6. The highest BCUT2D eigenvalue weighted by Gasteiger charge is 2.21. The number of halogens is 1. The van der Waals surface area contributed by atoms with Crippen molar-refractivity contribution >= 4 is 23.1 Å². The van der Waals surface area contributed by atoms with Crippen LogP contribution in [0.25, 0.3) is 17.1 Å². The van der Waals surface area contributed by atoms with E-state index in [-0.39, 0.29) is 0 Å². The van der Waals surface area contributed by atoms with Crippen LogP contribution in [0, 0.1) is 11.8 Å². The van der Waals surface area contributed by atoms with Gasteiger partial charge in [0.15, 0.2) is 11.5 Å². The lowest BCUT2D eigenvalue weighted by Crippen LogP contribution is -2.23. The molecule has 150 valence electrons. The van der Waals surface area contributed by atoms with Crippen LogP contribution in [0.1, 0.15) is 43.6 Å². The van der Waals surface area contributed by atoms with Crippen molar-refractivity contribution in [1.29, 1.82) is 0 Å².